The van der Waals surface area contributed by atoms with Crippen LogP contribution in [0.3, 0.4) is 0 Å². The molecule has 0 atom stereocenters. The van der Waals surface area contributed by atoms with Gasteiger partial charge >= 0.3 is 0 Å². The Bertz CT molecular complexity index is 1270. The lowest BCUT2D eigenvalue weighted by Crippen LogP contribution is -2.44. The maximum atomic E-state index is 13.5. The number of Topliss-reactive ketones (excluding diaryl/α,β-unsaturated/α-hetero) is 1. The fourth-order valence-corrected chi connectivity index (χ4v) is 4.98. The van der Waals surface area contributed by atoms with E-state index in [0.717, 1.165) is 59.6 Å². The SMILES string of the molecule is CN1CCN(c2ccc3[nH]c4c(c3c2)=C(C(=O)c2ccc(Cl)cc2Cl)CCC=4)CC1. The third-order valence-electron chi connectivity index (χ3n) is 6.17. The van der Waals surface area contributed by atoms with Gasteiger partial charge in [-0.3, -0.25) is 4.79 Å². The Kier molecular flexibility index (Phi) is 5.10. The van der Waals surface area contributed by atoms with Crippen molar-refractivity contribution in [2.24, 2.45) is 0 Å². The van der Waals surface area contributed by atoms with Crippen LogP contribution in [0.25, 0.3) is 22.6 Å². The fraction of sp³-hybridized carbons (Fsp3) is 0.292. The zero-order valence-electron chi connectivity index (χ0n) is 16.8. The van der Waals surface area contributed by atoms with Crippen molar-refractivity contribution in [1.82, 2.24) is 9.88 Å². The average molecular weight is 440 g/mol. The molecule has 0 spiro atoms. The molecule has 1 saturated heterocycles. The number of carbonyl (C=O) groups is 1. The Morgan fingerprint density at radius 1 is 1.03 bits per heavy atom. The molecular formula is C24H23Cl2N3O. The molecule has 4 nitrogen and oxygen atoms in total. The van der Waals surface area contributed by atoms with Gasteiger partial charge in [-0.25, -0.2) is 0 Å². The molecule has 0 bridgehead atoms. The Hall–Kier alpha value is -2.27. The van der Waals surface area contributed by atoms with Crippen LogP contribution in [-0.4, -0.2) is 48.9 Å². The Balaban J connectivity index is 1.66. The topological polar surface area (TPSA) is 39.3 Å². The number of anilines is 1. The van der Waals surface area contributed by atoms with Gasteiger partial charge in [0.25, 0.3) is 0 Å². The maximum Gasteiger partial charge on any atom is 0.191 e. The molecule has 1 fully saturated rings. The summed E-state index contributed by atoms with van der Waals surface area (Å²) in [5.41, 5.74) is 3.59. The van der Waals surface area contributed by atoms with E-state index >= 15 is 0 Å². The summed E-state index contributed by atoms with van der Waals surface area (Å²) < 4.78 is 0. The number of hydrogen-bond acceptors (Lipinski definition) is 3. The highest BCUT2D eigenvalue weighted by Gasteiger charge is 2.21. The highest BCUT2D eigenvalue weighted by atomic mass is 35.5. The molecule has 1 N–H and O–H groups in total. The van der Waals surface area contributed by atoms with E-state index < -0.39 is 0 Å². The van der Waals surface area contributed by atoms with Gasteiger partial charge in [-0.1, -0.05) is 29.3 Å². The van der Waals surface area contributed by atoms with Crippen molar-refractivity contribution in [3.05, 3.63) is 62.6 Å². The minimum Gasteiger partial charge on any atom is -0.369 e. The lowest BCUT2D eigenvalue weighted by Gasteiger charge is -2.34. The van der Waals surface area contributed by atoms with Crippen molar-refractivity contribution in [2.45, 2.75) is 12.8 Å². The molecule has 2 heterocycles. The van der Waals surface area contributed by atoms with E-state index in [2.05, 4.69) is 46.1 Å². The van der Waals surface area contributed by atoms with E-state index in [1.165, 1.54) is 5.69 Å². The summed E-state index contributed by atoms with van der Waals surface area (Å²) >= 11 is 12.4. The summed E-state index contributed by atoms with van der Waals surface area (Å²) in [6, 6.07) is 11.6. The van der Waals surface area contributed by atoms with Crippen molar-refractivity contribution < 1.29 is 4.79 Å². The molecule has 2 aromatic carbocycles. The third kappa shape index (κ3) is 3.43. The fourth-order valence-electron chi connectivity index (χ4n) is 4.49. The smallest absolute Gasteiger partial charge is 0.191 e. The lowest BCUT2D eigenvalue weighted by molar-refractivity contribution is 0.105. The van der Waals surface area contributed by atoms with Gasteiger partial charge in [-0.05, 0) is 56.3 Å². The van der Waals surface area contributed by atoms with Crippen LogP contribution in [0, 0.1) is 0 Å². The number of piperazine rings is 1. The van der Waals surface area contributed by atoms with Gasteiger partial charge in [0.1, 0.15) is 0 Å². The molecule has 3 aromatic rings. The molecule has 1 aromatic heterocycles. The predicted molar refractivity (Wildman–Crippen MR) is 125 cm³/mol. The number of likely N-dealkylation sites (N-methyl/N-ethyl adjacent to an activating group) is 1. The van der Waals surface area contributed by atoms with Crippen molar-refractivity contribution >= 4 is 57.2 Å². The van der Waals surface area contributed by atoms with Crippen molar-refractivity contribution in [2.75, 3.05) is 38.1 Å². The van der Waals surface area contributed by atoms with Crippen LogP contribution in [0.15, 0.2) is 36.4 Å². The van der Waals surface area contributed by atoms with Gasteiger partial charge in [-0.2, -0.15) is 0 Å². The van der Waals surface area contributed by atoms with E-state index in [-0.39, 0.29) is 5.78 Å². The number of H-pyrrole nitrogens is 1. The van der Waals surface area contributed by atoms with Crippen LogP contribution in [0.5, 0.6) is 0 Å². The largest absolute Gasteiger partial charge is 0.369 e. The Morgan fingerprint density at radius 2 is 1.83 bits per heavy atom. The van der Waals surface area contributed by atoms with E-state index in [1.807, 2.05) is 0 Å². The predicted octanol–water partition coefficient (Wildman–Crippen LogP) is 3.83. The van der Waals surface area contributed by atoms with Crippen LogP contribution in [0.4, 0.5) is 5.69 Å². The number of aromatic amines is 1. The molecule has 0 radical (unpaired) electrons. The van der Waals surface area contributed by atoms with Crippen LogP contribution >= 0.6 is 23.2 Å². The van der Waals surface area contributed by atoms with E-state index in [0.29, 0.717) is 22.0 Å². The first-order valence-electron chi connectivity index (χ1n) is 10.3. The number of halogens is 2. The van der Waals surface area contributed by atoms with Crippen LogP contribution in [0.1, 0.15) is 23.2 Å². The van der Waals surface area contributed by atoms with Gasteiger partial charge in [0.2, 0.25) is 0 Å². The molecule has 1 aliphatic carbocycles. The lowest BCUT2D eigenvalue weighted by atomic mass is 9.93. The zero-order chi connectivity index (χ0) is 20.8. The molecule has 154 valence electrons. The molecule has 30 heavy (non-hydrogen) atoms. The molecule has 0 saturated carbocycles. The quantitative estimate of drug-likeness (QED) is 0.630. The maximum absolute atomic E-state index is 13.5. The van der Waals surface area contributed by atoms with E-state index in [9.17, 15) is 4.79 Å². The van der Waals surface area contributed by atoms with Gasteiger partial charge in [0.05, 0.1) is 5.02 Å². The van der Waals surface area contributed by atoms with Crippen LogP contribution in [0.2, 0.25) is 10.0 Å². The highest BCUT2D eigenvalue weighted by molar-refractivity contribution is 6.39. The molecule has 2 aliphatic rings. The first-order valence-corrected chi connectivity index (χ1v) is 11.1. The molecule has 6 heteroatoms. The highest BCUT2D eigenvalue weighted by Crippen LogP contribution is 2.27. The van der Waals surface area contributed by atoms with Crippen LogP contribution in [-0.2, 0) is 0 Å². The Morgan fingerprint density at radius 3 is 2.60 bits per heavy atom. The van der Waals surface area contributed by atoms with Gasteiger partial charge in [0.15, 0.2) is 5.78 Å². The molecule has 0 unspecified atom stereocenters. The number of nitrogens with zero attached hydrogens (tertiary/aromatic N) is 2. The van der Waals surface area contributed by atoms with E-state index in [4.69, 9.17) is 23.2 Å². The monoisotopic (exact) mass is 439 g/mol. The van der Waals surface area contributed by atoms with Crippen molar-refractivity contribution in [1.29, 1.82) is 0 Å². The molecule has 0 amide bonds. The van der Waals surface area contributed by atoms with Crippen molar-refractivity contribution in [3.8, 4) is 0 Å². The number of benzene rings is 2. The summed E-state index contributed by atoms with van der Waals surface area (Å²) in [6.45, 7) is 4.14. The summed E-state index contributed by atoms with van der Waals surface area (Å²) in [5.74, 6) is -0.0167. The third-order valence-corrected chi connectivity index (χ3v) is 6.72. The molecular weight excluding hydrogens is 417 g/mol. The second-order valence-corrected chi connectivity index (χ2v) is 8.95. The standard InChI is InChI=1S/C24H23Cl2N3O/c1-28-9-11-29(12-10-28)16-6-8-21-19(14-16)23-18(3-2-4-22(23)27-21)24(30)17-7-5-15(25)13-20(17)26/h4-8,13-14,27H,2-3,9-12H2,1H3. The summed E-state index contributed by atoms with van der Waals surface area (Å²) in [4.78, 5) is 21.7. The number of fused-ring (bicyclic) bond motifs is 3. The van der Waals surface area contributed by atoms with Crippen molar-refractivity contribution in [3.63, 3.8) is 0 Å². The Labute approximate surface area is 185 Å². The first kappa shape index (κ1) is 19.7. The second-order valence-electron chi connectivity index (χ2n) is 8.11. The summed E-state index contributed by atoms with van der Waals surface area (Å²) in [6.07, 6.45) is 3.72. The average Bonchev–Trinajstić information content (AvgIpc) is 3.12. The second kappa shape index (κ2) is 7.77. The number of nitrogens with one attached hydrogen (secondary N) is 1. The van der Waals surface area contributed by atoms with Gasteiger partial charge in [0, 0.05) is 69.5 Å². The zero-order valence-corrected chi connectivity index (χ0v) is 18.4. The number of carbonyl (C=O) groups excluding carboxylic acids is 1. The number of hydrogen-bond donors (Lipinski definition) is 1. The molecule has 5 rings (SSSR count). The molecule has 1 aliphatic heterocycles. The van der Waals surface area contributed by atoms with Gasteiger partial charge in [-0.15, -0.1) is 0 Å². The first-order chi connectivity index (χ1) is 14.5. The normalized spacial score (nSPS) is 17.2. The van der Waals surface area contributed by atoms with Crippen LogP contribution < -0.4 is 15.5 Å². The van der Waals surface area contributed by atoms with E-state index in [1.54, 1.807) is 18.2 Å². The minimum atomic E-state index is -0.0167. The number of rotatable bonds is 3. The minimum absolute atomic E-state index is 0.0167. The van der Waals surface area contributed by atoms with Gasteiger partial charge < -0.3 is 14.8 Å². The number of ketones is 1. The summed E-state index contributed by atoms with van der Waals surface area (Å²) in [5, 5.41) is 4.08. The number of aromatic nitrogens is 1. The summed E-state index contributed by atoms with van der Waals surface area (Å²) in [7, 11) is 2.16.